The summed E-state index contributed by atoms with van der Waals surface area (Å²) in [6.07, 6.45) is 1.80. The summed E-state index contributed by atoms with van der Waals surface area (Å²) in [5.74, 6) is 1.60. The molecule has 3 aromatic rings. The van der Waals surface area contributed by atoms with Gasteiger partial charge in [0.15, 0.2) is 0 Å². The van der Waals surface area contributed by atoms with Gasteiger partial charge in [0, 0.05) is 35.7 Å². The van der Waals surface area contributed by atoms with Gasteiger partial charge in [0.1, 0.15) is 11.5 Å². The fourth-order valence-electron chi connectivity index (χ4n) is 3.76. The number of carbonyl (C=O) groups excluding carboxylic acids is 1. The van der Waals surface area contributed by atoms with Crippen molar-refractivity contribution in [3.8, 4) is 11.4 Å². The summed E-state index contributed by atoms with van der Waals surface area (Å²) in [5, 5.41) is 8.66. The van der Waals surface area contributed by atoms with E-state index in [0.29, 0.717) is 11.6 Å². The van der Waals surface area contributed by atoms with Crippen molar-refractivity contribution in [1.82, 2.24) is 14.8 Å². The minimum Gasteiger partial charge on any atom is -0.367 e. The van der Waals surface area contributed by atoms with E-state index in [2.05, 4.69) is 24.1 Å². The van der Waals surface area contributed by atoms with Crippen LogP contribution in [0.3, 0.4) is 0 Å². The molecule has 0 saturated heterocycles. The Labute approximate surface area is 174 Å². The van der Waals surface area contributed by atoms with Gasteiger partial charge >= 0.3 is 0 Å². The average molecular weight is 408 g/mol. The summed E-state index contributed by atoms with van der Waals surface area (Å²) in [4.78, 5) is 16.2. The summed E-state index contributed by atoms with van der Waals surface area (Å²) < 4.78 is 2.03. The number of thioether (sulfide) groups is 1. The maximum Gasteiger partial charge on any atom is 0.248 e. The second kappa shape index (κ2) is 7.91. The van der Waals surface area contributed by atoms with Crippen molar-refractivity contribution in [2.24, 2.45) is 5.73 Å². The fourth-order valence-corrected chi connectivity index (χ4v) is 5.16. The largest absolute Gasteiger partial charge is 0.367 e. The monoisotopic (exact) mass is 407 g/mol. The van der Waals surface area contributed by atoms with Crippen LogP contribution in [0.15, 0.2) is 42.6 Å². The van der Waals surface area contributed by atoms with Gasteiger partial charge in [-0.3, -0.25) is 9.78 Å². The molecular formula is C22H25N5OS. The van der Waals surface area contributed by atoms with E-state index in [9.17, 15) is 4.79 Å². The molecule has 150 valence electrons. The number of primary amides is 1. The molecule has 6 nitrogen and oxygen atoms in total. The number of pyridine rings is 1. The Morgan fingerprint density at radius 2 is 2.17 bits per heavy atom. The van der Waals surface area contributed by atoms with Crippen LogP contribution in [0.2, 0.25) is 0 Å². The van der Waals surface area contributed by atoms with Crippen molar-refractivity contribution in [1.29, 1.82) is 0 Å². The lowest BCUT2D eigenvalue weighted by atomic mass is 9.96. The van der Waals surface area contributed by atoms with Crippen LogP contribution in [0.5, 0.6) is 0 Å². The molecule has 0 unspecified atom stereocenters. The number of amides is 1. The van der Waals surface area contributed by atoms with Crippen LogP contribution in [0, 0.1) is 6.92 Å². The number of nitrogens with one attached hydrogen (secondary N) is 1. The van der Waals surface area contributed by atoms with E-state index in [4.69, 9.17) is 10.8 Å². The number of nitrogens with two attached hydrogens (primary N) is 1. The number of fused-ring (bicyclic) bond motifs is 1. The molecule has 0 spiro atoms. The predicted molar refractivity (Wildman–Crippen MR) is 118 cm³/mol. The van der Waals surface area contributed by atoms with Crippen molar-refractivity contribution in [3.05, 3.63) is 64.8 Å². The number of nitrogens with zero attached hydrogens (tertiary/aromatic N) is 3. The van der Waals surface area contributed by atoms with Crippen molar-refractivity contribution < 1.29 is 4.79 Å². The van der Waals surface area contributed by atoms with Gasteiger partial charge in [0.05, 0.1) is 10.9 Å². The highest BCUT2D eigenvalue weighted by molar-refractivity contribution is 7.99. The first-order chi connectivity index (χ1) is 14.0. The van der Waals surface area contributed by atoms with Crippen LogP contribution in [0.25, 0.3) is 11.4 Å². The van der Waals surface area contributed by atoms with Gasteiger partial charge in [-0.1, -0.05) is 12.1 Å². The molecule has 2 atom stereocenters. The van der Waals surface area contributed by atoms with Gasteiger partial charge in [-0.25, -0.2) is 4.68 Å². The van der Waals surface area contributed by atoms with Crippen LogP contribution in [0.4, 0.5) is 5.82 Å². The van der Waals surface area contributed by atoms with E-state index < -0.39 is 5.91 Å². The van der Waals surface area contributed by atoms with Gasteiger partial charge < -0.3 is 11.1 Å². The molecule has 0 aliphatic carbocycles. The molecule has 0 bridgehead atoms. The summed E-state index contributed by atoms with van der Waals surface area (Å²) in [5.41, 5.74) is 11.1. The first kappa shape index (κ1) is 19.5. The third-order valence-corrected chi connectivity index (χ3v) is 6.71. The molecule has 0 fully saturated rings. The zero-order valence-electron chi connectivity index (χ0n) is 16.8. The number of aryl methyl sites for hydroxylation is 2. The van der Waals surface area contributed by atoms with E-state index in [0.717, 1.165) is 40.6 Å². The maximum absolute atomic E-state index is 11.6. The topological polar surface area (TPSA) is 85.8 Å². The maximum atomic E-state index is 11.6. The van der Waals surface area contributed by atoms with Crippen molar-refractivity contribution in [2.45, 2.75) is 38.6 Å². The van der Waals surface area contributed by atoms with Crippen molar-refractivity contribution in [3.63, 3.8) is 0 Å². The molecular weight excluding hydrogens is 382 g/mol. The molecule has 1 amide bonds. The van der Waals surface area contributed by atoms with Crippen LogP contribution >= 0.6 is 11.8 Å². The lowest BCUT2D eigenvalue weighted by Gasteiger charge is -2.19. The molecule has 29 heavy (non-hydrogen) atoms. The minimum absolute atomic E-state index is 0.0849. The highest BCUT2D eigenvalue weighted by Crippen LogP contribution is 2.47. The smallest absolute Gasteiger partial charge is 0.248 e. The molecule has 1 aliphatic heterocycles. The van der Waals surface area contributed by atoms with Crippen molar-refractivity contribution in [2.75, 3.05) is 11.1 Å². The lowest BCUT2D eigenvalue weighted by molar-refractivity contribution is 0.1000. The summed E-state index contributed by atoms with van der Waals surface area (Å²) >= 11 is 1.89. The fraction of sp³-hybridized carbons (Fsp3) is 0.318. The molecule has 0 radical (unpaired) electrons. The van der Waals surface area contributed by atoms with Gasteiger partial charge in [0.25, 0.3) is 0 Å². The number of hydrogen-bond acceptors (Lipinski definition) is 5. The molecule has 4 rings (SSSR count). The first-order valence-electron chi connectivity index (χ1n) is 9.80. The van der Waals surface area contributed by atoms with Crippen LogP contribution < -0.4 is 11.1 Å². The number of carbonyl (C=O) groups is 1. The van der Waals surface area contributed by atoms with Crippen LogP contribution in [-0.4, -0.2) is 32.5 Å². The quantitative estimate of drug-likeness (QED) is 0.682. The minimum atomic E-state index is -0.405. The highest BCUT2D eigenvalue weighted by atomic mass is 32.2. The Bertz CT molecular complexity index is 1050. The van der Waals surface area contributed by atoms with Gasteiger partial charge in [-0.15, -0.1) is 11.8 Å². The Morgan fingerprint density at radius 3 is 2.83 bits per heavy atom. The average Bonchev–Trinajstić information content (AvgIpc) is 2.98. The third-order valence-electron chi connectivity index (χ3n) is 5.19. The second-order valence-corrected chi connectivity index (χ2v) is 8.47. The molecule has 0 saturated carbocycles. The highest BCUT2D eigenvalue weighted by Gasteiger charge is 2.32. The van der Waals surface area contributed by atoms with Crippen molar-refractivity contribution >= 4 is 23.5 Å². The predicted octanol–water partition coefficient (Wildman–Crippen LogP) is 4.01. The summed E-state index contributed by atoms with van der Waals surface area (Å²) in [6, 6.07) is 11.9. The van der Waals surface area contributed by atoms with E-state index in [1.165, 1.54) is 5.56 Å². The summed E-state index contributed by atoms with van der Waals surface area (Å²) in [6.45, 7) is 7.09. The number of benzene rings is 1. The third kappa shape index (κ3) is 3.62. The van der Waals surface area contributed by atoms with Crippen LogP contribution in [0.1, 0.15) is 46.1 Å². The van der Waals surface area contributed by atoms with E-state index in [-0.39, 0.29) is 5.25 Å². The number of anilines is 1. The second-order valence-electron chi connectivity index (χ2n) is 7.34. The molecule has 3 N–H and O–H groups in total. The molecule has 1 aromatic carbocycles. The Kier molecular flexibility index (Phi) is 5.32. The number of aromatic nitrogens is 3. The molecule has 1 aliphatic rings. The number of hydrogen-bond donors (Lipinski definition) is 2. The zero-order chi connectivity index (χ0) is 20.5. The number of rotatable bonds is 4. The zero-order valence-corrected chi connectivity index (χ0v) is 17.7. The first-order valence-corrected chi connectivity index (χ1v) is 10.8. The Morgan fingerprint density at radius 1 is 1.34 bits per heavy atom. The lowest BCUT2D eigenvalue weighted by Crippen LogP contribution is -2.19. The van der Waals surface area contributed by atoms with E-state index in [1.54, 1.807) is 6.20 Å². The standard InChI is InChI=1S/C22H25N5OS/c1-4-27-22-18(19(26-27)17-7-5-6-10-24-17)20(29-12-14(3)25-22)16-9-8-15(21(23)28)11-13(16)2/h5-11,14,20,25H,4,12H2,1-3H3,(H2,23,28)/t14-,20+/m1/s1. The van der Waals surface area contributed by atoms with Gasteiger partial charge in [-0.05, 0) is 56.2 Å². The van der Waals surface area contributed by atoms with E-state index >= 15 is 0 Å². The van der Waals surface area contributed by atoms with Crippen LogP contribution in [-0.2, 0) is 6.54 Å². The normalized spacial score (nSPS) is 18.6. The van der Waals surface area contributed by atoms with Gasteiger partial charge in [-0.2, -0.15) is 5.10 Å². The summed E-state index contributed by atoms with van der Waals surface area (Å²) in [7, 11) is 0. The van der Waals surface area contributed by atoms with E-state index in [1.807, 2.05) is 59.8 Å². The molecule has 2 aromatic heterocycles. The Balaban J connectivity index is 1.93. The molecule has 7 heteroatoms. The molecule has 3 heterocycles. The Hall–Kier alpha value is -2.80. The SMILES string of the molecule is CCn1nc(-c2ccccn2)c2c1N[C@H](C)CS[C@H]2c1ccc(C(N)=O)cc1C. The van der Waals surface area contributed by atoms with Gasteiger partial charge in [0.2, 0.25) is 5.91 Å².